The predicted molar refractivity (Wildman–Crippen MR) is 91.8 cm³/mol. The largest absolute Gasteiger partial charge is 0.319 e. The third-order valence-corrected chi connectivity index (χ3v) is 4.93. The van der Waals surface area contributed by atoms with Gasteiger partial charge in [0, 0.05) is 6.04 Å². The van der Waals surface area contributed by atoms with Gasteiger partial charge in [-0.25, -0.2) is 0 Å². The minimum absolute atomic E-state index is 0.575. The van der Waals surface area contributed by atoms with Crippen LogP contribution in [0.5, 0.6) is 0 Å². The van der Waals surface area contributed by atoms with Gasteiger partial charge in [0.05, 0.1) is 0 Å². The van der Waals surface area contributed by atoms with E-state index in [-0.39, 0.29) is 0 Å². The number of hydrogen-bond donors (Lipinski definition) is 1. The first-order chi connectivity index (χ1) is 10.2. The molecular formula is C19H32N2. The first kappa shape index (κ1) is 16.5. The Labute approximate surface area is 130 Å². The highest BCUT2D eigenvalue weighted by Gasteiger charge is 2.29. The SMILES string of the molecule is CCN1CCCCC(CNC)C1c1ccc(C(C)C)cc1. The van der Waals surface area contributed by atoms with Crippen LogP contribution in [-0.2, 0) is 0 Å². The zero-order valence-corrected chi connectivity index (χ0v) is 14.2. The van der Waals surface area contributed by atoms with Gasteiger partial charge in [-0.2, -0.15) is 0 Å². The standard InChI is InChI=1S/C19H32N2/c1-5-21-13-7-6-8-18(14-20-4)19(21)17-11-9-16(10-12-17)15(2)3/h9-12,15,18-20H,5-8,13-14H2,1-4H3. The van der Waals surface area contributed by atoms with E-state index < -0.39 is 0 Å². The minimum Gasteiger partial charge on any atom is -0.319 e. The third kappa shape index (κ3) is 4.08. The first-order valence-electron chi connectivity index (χ1n) is 8.65. The second kappa shape index (κ2) is 7.95. The molecule has 1 heterocycles. The maximum absolute atomic E-state index is 3.41. The molecule has 0 bridgehead atoms. The summed E-state index contributed by atoms with van der Waals surface area (Å²) in [6.45, 7) is 10.3. The zero-order chi connectivity index (χ0) is 15.2. The average molecular weight is 288 g/mol. The molecule has 0 radical (unpaired) electrons. The normalized spacial score (nSPS) is 24.2. The molecular weight excluding hydrogens is 256 g/mol. The molecule has 1 aliphatic heterocycles. The van der Waals surface area contributed by atoms with Crippen LogP contribution in [0.2, 0.25) is 0 Å². The molecule has 0 saturated carbocycles. The highest BCUT2D eigenvalue weighted by molar-refractivity contribution is 5.27. The summed E-state index contributed by atoms with van der Waals surface area (Å²) in [6.07, 6.45) is 4.05. The summed E-state index contributed by atoms with van der Waals surface area (Å²) >= 11 is 0. The predicted octanol–water partition coefficient (Wildman–Crippen LogP) is 4.19. The summed E-state index contributed by atoms with van der Waals surface area (Å²) in [7, 11) is 2.08. The van der Waals surface area contributed by atoms with E-state index in [9.17, 15) is 0 Å². The Balaban J connectivity index is 2.27. The molecule has 2 nitrogen and oxygen atoms in total. The van der Waals surface area contributed by atoms with Gasteiger partial charge in [-0.3, -0.25) is 4.90 Å². The lowest BCUT2D eigenvalue weighted by Crippen LogP contribution is -2.36. The minimum atomic E-state index is 0.575. The molecule has 0 spiro atoms. The van der Waals surface area contributed by atoms with Crippen LogP contribution in [0.1, 0.15) is 63.1 Å². The van der Waals surface area contributed by atoms with Crippen molar-refractivity contribution in [1.82, 2.24) is 10.2 Å². The molecule has 1 aliphatic rings. The van der Waals surface area contributed by atoms with Crippen molar-refractivity contribution in [2.24, 2.45) is 5.92 Å². The lowest BCUT2D eigenvalue weighted by Gasteiger charge is -2.35. The molecule has 1 N–H and O–H groups in total. The maximum atomic E-state index is 3.41. The molecule has 0 aliphatic carbocycles. The second-order valence-corrected chi connectivity index (χ2v) is 6.71. The monoisotopic (exact) mass is 288 g/mol. The number of nitrogens with zero attached hydrogens (tertiary/aromatic N) is 1. The summed E-state index contributed by atoms with van der Waals surface area (Å²) in [5, 5.41) is 3.41. The fourth-order valence-electron chi connectivity index (χ4n) is 3.71. The van der Waals surface area contributed by atoms with Crippen LogP contribution in [0.25, 0.3) is 0 Å². The van der Waals surface area contributed by atoms with E-state index in [4.69, 9.17) is 0 Å². The Morgan fingerprint density at radius 1 is 1.19 bits per heavy atom. The van der Waals surface area contributed by atoms with E-state index in [0.717, 1.165) is 19.0 Å². The Kier molecular flexibility index (Phi) is 6.25. The van der Waals surface area contributed by atoms with E-state index in [0.29, 0.717) is 12.0 Å². The smallest absolute Gasteiger partial charge is 0.0388 e. The van der Waals surface area contributed by atoms with E-state index in [1.54, 1.807) is 0 Å². The number of likely N-dealkylation sites (tertiary alicyclic amines) is 1. The van der Waals surface area contributed by atoms with Crippen molar-refractivity contribution in [3.05, 3.63) is 35.4 Å². The van der Waals surface area contributed by atoms with Crippen LogP contribution in [0.15, 0.2) is 24.3 Å². The maximum Gasteiger partial charge on any atom is 0.0388 e. The quantitative estimate of drug-likeness (QED) is 0.874. The summed E-state index contributed by atoms with van der Waals surface area (Å²) in [5.41, 5.74) is 2.95. The molecule has 1 aromatic carbocycles. The van der Waals surface area contributed by atoms with Crippen molar-refractivity contribution in [3.63, 3.8) is 0 Å². The van der Waals surface area contributed by atoms with Crippen molar-refractivity contribution in [2.45, 2.75) is 52.0 Å². The zero-order valence-electron chi connectivity index (χ0n) is 14.2. The summed E-state index contributed by atoms with van der Waals surface area (Å²) in [6, 6.07) is 9.98. The lowest BCUT2D eigenvalue weighted by atomic mass is 9.88. The van der Waals surface area contributed by atoms with E-state index in [2.05, 4.69) is 62.3 Å². The van der Waals surface area contributed by atoms with Gasteiger partial charge in [0.25, 0.3) is 0 Å². The van der Waals surface area contributed by atoms with Gasteiger partial charge in [-0.15, -0.1) is 0 Å². The van der Waals surface area contributed by atoms with Crippen LogP contribution in [0.4, 0.5) is 0 Å². The summed E-state index contributed by atoms with van der Waals surface area (Å²) in [4.78, 5) is 2.68. The average Bonchev–Trinajstić information content (AvgIpc) is 2.70. The van der Waals surface area contributed by atoms with Gasteiger partial charge in [0.1, 0.15) is 0 Å². The molecule has 2 rings (SSSR count). The number of benzene rings is 1. The summed E-state index contributed by atoms with van der Waals surface area (Å²) < 4.78 is 0. The molecule has 2 unspecified atom stereocenters. The van der Waals surface area contributed by atoms with Gasteiger partial charge >= 0.3 is 0 Å². The van der Waals surface area contributed by atoms with Crippen LogP contribution in [0, 0.1) is 5.92 Å². The van der Waals surface area contributed by atoms with Crippen LogP contribution >= 0.6 is 0 Å². The second-order valence-electron chi connectivity index (χ2n) is 6.71. The fraction of sp³-hybridized carbons (Fsp3) is 0.684. The molecule has 0 amide bonds. The van der Waals surface area contributed by atoms with Crippen molar-refractivity contribution < 1.29 is 0 Å². The number of rotatable bonds is 5. The van der Waals surface area contributed by atoms with E-state index in [1.165, 1.54) is 36.9 Å². The molecule has 118 valence electrons. The number of nitrogens with one attached hydrogen (secondary N) is 1. The van der Waals surface area contributed by atoms with Gasteiger partial charge in [0.2, 0.25) is 0 Å². The van der Waals surface area contributed by atoms with Gasteiger partial charge in [-0.1, -0.05) is 51.5 Å². The Hall–Kier alpha value is -0.860. The Morgan fingerprint density at radius 2 is 1.90 bits per heavy atom. The van der Waals surface area contributed by atoms with Crippen molar-refractivity contribution in [2.75, 3.05) is 26.7 Å². The molecule has 21 heavy (non-hydrogen) atoms. The molecule has 2 heteroatoms. The van der Waals surface area contributed by atoms with E-state index in [1.807, 2.05) is 0 Å². The van der Waals surface area contributed by atoms with E-state index >= 15 is 0 Å². The molecule has 1 aromatic rings. The fourth-order valence-corrected chi connectivity index (χ4v) is 3.71. The van der Waals surface area contributed by atoms with Crippen molar-refractivity contribution >= 4 is 0 Å². The van der Waals surface area contributed by atoms with Gasteiger partial charge in [-0.05, 0) is 62.5 Å². The molecule has 0 aromatic heterocycles. The molecule has 1 fully saturated rings. The van der Waals surface area contributed by atoms with Crippen molar-refractivity contribution in [1.29, 1.82) is 0 Å². The van der Waals surface area contributed by atoms with Crippen LogP contribution in [-0.4, -0.2) is 31.6 Å². The molecule has 2 atom stereocenters. The topological polar surface area (TPSA) is 15.3 Å². The van der Waals surface area contributed by atoms with Crippen LogP contribution in [0.3, 0.4) is 0 Å². The summed E-state index contributed by atoms with van der Waals surface area (Å²) in [5.74, 6) is 1.34. The third-order valence-electron chi connectivity index (χ3n) is 4.93. The first-order valence-corrected chi connectivity index (χ1v) is 8.65. The number of hydrogen-bond acceptors (Lipinski definition) is 2. The highest BCUT2D eigenvalue weighted by Crippen LogP contribution is 2.35. The molecule has 1 saturated heterocycles. The van der Waals surface area contributed by atoms with Crippen molar-refractivity contribution in [3.8, 4) is 0 Å². The van der Waals surface area contributed by atoms with Gasteiger partial charge in [0.15, 0.2) is 0 Å². The van der Waals surface area contributed by atoms with Crippen LogP contribution < -0.4 is 5.32 Å². The highest BCUT2D eigenvalue weighted by atomic mass is 15.2. The Bertz CT molecular complexity index is 410. The van der Waals surface area contributed by atoms with Gasteiger partial charge < -0.3 is 5.32 Å². The lowest BCUT2D eigenvalue weighted by molar-refractivity contribution is 0.162. The Morgan fingerprint density at radius 3 is 2.48 bits per heavy atom.